The molecule has 0 radical (unpaired) electrons. The van der Waals surface area contributed by atoms with Gasteiger partial charge in [0.05, 0.1) is 23.7 Å². The molecule has 8 heteroatoms. The minimum atomic E-state index is -0.538. The van der Waals surface area contributed by atoms with Gasteiger partial charge in [-0.1, -0.05) is 104 Å². The summed E-state index contributed by atoms with van der Waals surface area (Å²) in [5.41, 5.74) is 4.96. The molecule has 0 aromatic rings. The number of Topliss-reactive ketones (excluding diaryl/α,β-unsaturated/α-hetero) is 1. The van der Waals surface area contributed by atoms with Gasteiger partial charge in [-0.05, 0) is 270 Å². The minimum absolute atomic E-state index is 0.0202. The average Bonchev–Trinajstić information content (AvgIpc) is 2.37. The summed E-state index contributed by atoms with van der Waals surface area (Å²) in [6.45, 7) is 36.0. The smallest absolute Gasteiger partial charge is 0.309 e. The van der Waals surface area contributed by atoms with Crippen molar-refractivity contribution in [3.63, 3.8) is 0 Å². The topological polar surface area (TPSA) is 149 Å². The third-order valence-electron chi connectivity index (χ3n) is 30.3. The average molecular weight is 1110 g/mol. The number of aliphatic hydroxyl groups is 3. The van der Waals surface area contributed by atoms with Crippen LogP contribution in [0.1, 0.15) is 224 Å². The van der Waals surface area contributed by atoms with Gasteiger partial charge in [0, 0.05) is 29.6 Å². The Morgan fingerprint density at radius 3 is 1.81 bits per heavy atom. The van der Waals surface area contributed by atoms with Crippen LogP contribution in [0.3, 0.4) is 0 Å². The van der Waals surface area contributed by atoms with Crippen LogP contribution in [0, 0.1) is 126 Å². The third kappa shape index (κ3) is 8.35. The number of fused-ring (bicyclic) bond motifs is 17. The quantitative estimate of drug-likeness (QED) is 0.203. The molecule has 10 saturated carbocycles. The first-order chi connectivity index (χ1) is 37.8. The van der Waals surface area contributed by atoms with E-state index < -0.39 is 17.5 Å². The Kier molecular flexibility index (Phi) is 14.8. The number of carboxylic acids is 1. The highest BCUT2D eigenvalue weighted by molar-refractivity contribution is 5.92. The number of allylic oxidation sites excluding steroid dienone is 7. The van der Waals surface area contributed by atoms with Crippen molar-refractivity contribution in [2.75, 3.05) is 0 Å². The van der Waals surface area contributed by atoms with Crippen molar-refractivity contribution >= 4 is 23.3 Å². The fraction of sp³-hybridized carbons (Fsp3) is 0.808. The maximum atomic E-state index is 12.8. The Morgan fingerprint density at radius 2 is 1.16 bits per heavy atom. The first kappa shape index (κ1) is 59.8. The molecular weight excluding hydrogens is 1000 g/mol. The molecular formula is C73H108O8. The fourth-order valence-electron chi connectivity index (χ4n) is 25.5. The first-order valence-electron chi connectivity index (χ1n) is 33.1. The Labute approximate surface area is 488 Å². The molecule has 0 aliphatic heterocycles. The van der Waals surface area contributed by atoms with Crippen molar-refractivity contribution in [1.29, 1.82) is 0 Å². The molecule has 2 unspecified atom stereocenters. The number of aliphatic hydroxyl groups excluding tert-OH is 3. The van der Waals surface area contributed by atoms with E-state index in [9.17, 15) is 39.6 Å². The van der Waals surface area contributed by atoms with Gasteiger partial charge in [0.1, 0.15) is 5.78 Å². The molecule has 13 aliphatic rings. The normalized spacial score (nSPS) is 52.2. The lowest BCUT2D eigenvalue weighted by molar-refractivity contribution is -0.248. The van der Waals surface area contributed by atoms with Gasteiger partial charge in [-0.2, -0.15) is 0 Å². The van der Waals surface area contributed by atoms with Crippen LogP contribution >= 0.6 is 0 Å². The monoisotopic (exact) mass is 1110 g/mol. The SMILES string of the molecule is C=C(C)C1CC[C@H]2[C@@H]3C=CC4=CC(=O)CC[C@]4(C)[C@H]3C[C@@H](O)[C@]12C.C=C(C)[C@@H]1CC[C@]2(C(=O)O)CC[C@]3(C)[C@H](CC[C@@H]4[C@@]5(C)CC[C@H](O)C(C)(C)[C@@H]5CC[C@]43C)[C@@H]12.CC(=O)C1CC[C@H]2[C@@H]3CCC4=CC(=O)CC[C@]4(C)[C@H]3C[C@@H](O)[C@]12C. The van der Waals surface area contributed by atoms with Crippen molar-refractivity contribution in [2.45, 2.75) is 243 Å². The van der Waals surface area contributed by atoms with Crippen LogP contribution in [0.4, 0.5) is 0 Å². The number of ketones is 3. The van der Waals surface area contributed by atoms with E-state index in [4.69, 9.17) is 0 Å². The number of hydrogen-bond donors (Lipinski definition) is 4. The lowest BCUT2D eigenvalue weighted by atomic mass is 9.32. The van der Waals surface area contributed by atoms with E-state index in [0.717, 1.165) is 96.3 Å². The van der Waals surface area contributed by atoms with E-state index in [1.54, 1.807) is 6.92 Å². The Balaban J connectivity index is 0.000000130. The van der Waals surface area contributed by atoms with Gasteiger partial charge in [-0.15, -0.1) is 0 Å². The van der Waals surface area contributed by atoms with Crippen LogP contribution in [-0.4, -0.2) is 62.1 Å². The fourth-order valence-corrected chi connectivity index (χ4v) is 25.5. The molecule has 10 fully saturated rings. The summed E-state index contributed by atoms with van der Waals surface area (Å²) in [4.78, 5) is 48.7. The van der Waals surface area contributed by atoms with Gasteiger partial charge in [0.25, 0.3) is 0 Å². The summed E-state index contributed by atoms with van der Waals surface area (Å²) < 4.78 is 0. The second-order valence-electron chi connectivity index (χ2n) is 33.1. The number of aliphatic carboxylic acids is 1. The summed E-state index contributed by atoms with van der Waals surface area (Å²) in [6, 6.07) is 0. The second-order valence-corrected chi connectivity index (χ2v) is 33.1. The summed E-state index contributed by atoms with van der Waals surface area (Å²) >= 11 is 0. The van der Waals surface area contributed by atoms with Crippen LogP contribution < -0.4 is 0 Å². The van der Waals surface area contributed by atoms with Crippen LogP contribution in [0.2, 0.25) is 0 Å². The Morgan fingerprint density at radius 1 is 0.543 bits per heavy atom. The van der Waals surface area contributed by atoms with Crippen LogP contribution in [-0.2, 0) is 19.2 Å². The molecule has 8 nitrogen and oxygen atoms in total. The highest BCUT2D eigenvalue weighted by Gasteiger charge is 2.73. The molecule has 0 aromatic carbocycles. The second kappa shape index (κ2) is 20.1. The summed E-state index contributed by atoms with van der Waals surface area (Å²) in [6.07, 6.45) is 29.5. The Hall–Kier alpha value is -2.94. The van der Waals surface area contributed by atoms with E-state index in [1.807, 2.05) is 12.2 Å². The van der Waals surface area contributed by atoms with Crippen molar-refractivity contribution in [3.05, 3.63) is 59.8 Å². The molecule has 13 aliphatic carbocycles. The zero-order valence-corrected chi connectivity index (χ0v) is 52.4. The van der Waals surface area contributed by atoms with E-state index in [1.165, 1.54) is 54.4 Å². The maximum absolute atomic E-state index is 12.8. The van der Waals surface area contributed by atoms with E-state index in [-0.39, 0.29) is 84.7 Å². The molecule has 24 atom stereocenters. The summed E-state index contributed by atoms with van der Waals surface area (Å²) in [7, 11) is 0. The van der Waals surface area contributed by atoms with Gasteiger partial charge < -0.3 is 20.4 Å². The highest BCUT2D eigenvalue weighted by Crippen LogP contribution is 2.78. The van der Waals surface area contributed by atoms with Gasteiger partial charge >= 0.3 is 5.97 Å². The zero-order chi connectivity index (χ0) is 58.7. The number of carboxylic acid groups (broad SMARTS) is 1. The zero-order valence-electron chi connectivity index (χ0n) is 52.4. The van der Waals surface area contributed by atoms with Crippen molar-refractivity contribution in [2.24, 2.45) is 126 Å². The number of carbonyl (C=O) groups is 4. The van der Waals surface area contributed by atoms with E-state index >= 15 is 0 Å². The minimum Gasteiger partial charge on any atom is -0.481 e. The third-order valence-corrected chi connectivity index (χ3v) is 30.3. The predicted molar refractivity (Wildman–Crippen MR) is 321 cm³/mol. The van der Waals surface area contributed by atoms with Crippen molar-refractivity contribution < 1.29 is 39.6 Å². The van der Waals surface area contributed by atoms with Gasteiger partial charge in [-0.25, -0.2) is 0 Å². The summed E-state index contributed by atoms with van der Waals surface area (Å²) in [5, 5.41) is 43.7. The lowest BCUT2D eigenvalue weighted by Crippen LogP contribution is -2.67. The molecule has 0 heterocycles. The largest absolute Gasteiger partial charge is 0.481 e. The predicted octanol–water partition coefficient (Wildman–Crippen LogP) is 15.2. The van der Waals surface area contributed by atoms with Gasteiger partial charge in [0.15, 0.2) is 11.6 Å². The number of hydrogen-bond acceptors (Lipinski definition) is 7. The molecule has 0 amide bonds. The number of rotatable bonds is 4. The van der Waals surface area contributed by atoms with Gasteiger partial charge in [0.2, 0.25) is 0 Å². The van der Waals surface area contributed by atoms with Crippen LogP contribution in [0.15, 0.2) is 59.8 Å². The molecule has 0 saturated heterocycles. The molecule has 81 heavy (non-hydrogen) atoms. The lowest BCUT2D eigenvalue weighted by Gasteiger charge is -2.72. The standard InChI is InChI=1S/C30H48O3.C22H30O2.C21H30O3/c1-18(2)19-10-15-30(25(32)33)17-16-28(6)20(24(19)30)8-9-22-27(5)13-12-23(31)26(3,4)21(27)11-14-29(22,28)7;1-13(2)17-7-8-18-16-6-5-14-11-15(23)9-10-21(14,3)19(16)12-20(24)22(17,18)4;1-12(22)16-6-7-17-15-5-4-13-10-14(23)8-9-20(13,2)18(15)11-19(24)21(16,17)3/h19-24,31H,1,8-17H2,2-7H3,(H,32,33);5-6,11,16-20,24H,1,7-10,12H2,2-4H3;10,15-19,24H,4-9,11H2,1-3H3/t19-,20+,21-,22+,23-,24+,27-,28+,29+,30-;16-,17?,18-,19-,20+,21-,22+;15-,16?,17-,18-,19+,20-,21+/m000/s1. The Bertz CT molecular complexity index is 2710. The molecule has 13 rings (SSSR count). The van der Waals surface area contributed by atoms with Crippen LogP contribution in [0.5, 0.6) is 0 Å². The van der Waals surface area contributed by atoms with Crippen LogP contribution in [0.25, 0.3) is 0 Å². The summed E-state index contributed by atoms with van der Waals surface area (Å²) in [5.74, 6) is 6.07. The molecule has 0 bridgehead atoms. The van der Waals surface area contributed by atoms with Gasteiger partial charge in [-0.3, -0.25) is 19.2 Å². The van der Waals surface area contributed by atoms with Crippen molar-refractivity contribution in [1.82, 2.24) is 0 Å². The molecule has 0 aromatic heterocycles. The first-order valence-corrected chi connectivity index (χ1v) is 33.1. The van der Waals surface area contributed by atoms with E-state index in [2.05, 4.69) is 101 Å². The number of carbonyl (C=O) groups excluding carboxylic acids is 3. The maximum Gasteiger partial charge on any atom is 0.309 e. The molecule has 4 N–H and O–H groups in total. The highest BCUT2D eigenvalue weighted by atomic mass is 16.4. The van der Waals surface area contributed by atoms with Crippen molar-refractivity contribution in [3.8, 4) is 0 Å². The van der Waals surface area contributed by atoms with E-state index in [0.29, 0.717) is 77.9 Å². The molecule has 0 spiro atoms. The molecule has 448 valence electrons.